The molecule has 0 bridgehead atoms. The number of halogens is 2. The number of benzene rings is 3. The van der Waals surface area contributed by atoms with Crippen LogP contribution in [0.5, 0.6) is 5.75 Å². The topological polar surface area (TPSA) is 58.6 Å². The molecule has 5 nitrogen and oxygen atoms in total. The van der Waals surface area contributed by atoms with Crippen LogP contribution in [0.15, 0.2) is 66.4 Å². The summed E-state index contributed by atoms with van der Waals surface area (Å²) in [5.74, 6) is -2.93. The smallest absolute Gasteiger partial charge is 0.282 e. The van der Waals surface area contributed by atoms with E-state index in [0.717, 1.165) is 28.2 Å². The molecule has 162 valence electrons. The molecule has 7 heteroatoms. The van der Waals surface area contributed by atoms with E-state index in [1.165, 1.54) is 13.2 Å². The summed E-state index contributed by atoms with van der Waals surface area (Å²) >= 11 is 0. The summed E-state index contributed by atoms with van der Waals surface area (Å²) in [4.78, 5) is 27.5. The van der Waals surface area contributed by atoms with Gasteiger partial charge in [0.1, 0.15) is 11.4 Å². The molecule has 0 saturated carbocycles. The number of hydrogen-bond acceptors (Lipinski definition) is 4. The van der Waals surface area contributed by atoms with Crippen LogP contribution in [0, 0.1) is 25.5 Å². The Morgan fingerprint density at radius 1 is 0.812 bits per heavy atom. The molecule has 4 rings (SSSR count). The summed E-state index contributed by atoms with van der Waals surface area (Å²) < 4.78 is 32.4. The minimum atomic E-state index is -1.15. The van der Waals surface area contributed by atoms with Crippen molar-refractivity contribution >= 4 is 28.8 Å². The van der Waals surface area contributed by atoms with Gasteiger partial charge in [0.15, 0.2) is 11.6 Å². The summed E-state index contributed by atoms with van der Waals surface area (Å²) in [5, 5.41) is 3.06. The van der Waals surface area contributed by atoms with Crippen LogP contribution < -0.4 is 15.0 Å². The highest BCUT2D eigenvalue weighted by atomic mass is 19.2. The summed E-state index contributed by atoms with van der Waals surface area (Å²) in [6, 6.07) is 15.2. The third-order valence-corrected chi connectivity index (χ3v) is 5.40. The lowest BCUT2D eigenvalue weighted by atomic mass is 10.0. The number of methoxy groups -OCH3 is 1. The minimum absolute atomic E-state index is 0.0492. The van der Waals surface area contributed by atoms with E-state index in [1.807, 2.05) is 26.0 Å². The number of ether oxygens (including phenoxy) is 1. The fourth-order valence-corrected chi connectivity index (χ4v) is 3.49. The molecule has 1 N–H and O–H groups in total. The number of aryl methyl sites for hydroxylation is 2. The van der Waals surface area contributed by atoms with Gasteiger partial charge in [0.05, 0.1) is 18.4 Å². The summed E-state index contributed by atoms with van der Waals surface area (Å²) in [5.41, 5.74) is 3.33. The molecule has 0 unspecified atom stereocenters. The third kappa shape index (κ3) is 3.73. The number of carbonyl (C=O) groups excluding carboxylic acids is 2. The second kappa shape index (κ2) is 8.26. The van der Waals surface area contributed by atoms with Crippen LogP contribution >= 0.6 is 0 Å². The third-order valence-electron chi connectivity index (χ3n) is 5.40. The molecule has 0 aromatic heterocycles. The molecule has 1 heterocycles. The molecular weight excluding hydrogens is 414 g/mol. The molecular formula is C25H20F2N2O3. The molecule has 0 radical (unpaired) electrons. The van der Waals surface area contributed by atoms with Crippen molar-refractivity contribution in [2.24, 2.45) is 0 Å². The number of nitrogens with zero attached hydrogens (tertiary/aromatic N) is 1. The van der Waals surface area contributed by atoms with Gasteiger partial charge in [-0.3, -0.25) is 9.59 Å². The Balaban J connectivity index is 1.82. The van der Waals surface area contributed by atoms with Gasteiger partial charge in [0.25, 0.3) is 11.8 Å². The minimum Gasteiger partial charge on any atom is -0.497 e. The molecule has 32 heavy (non-hydrogen) atoms. The van der Waals surface area contributed by atoms with Crippen molar-refractivity contribution in [3.8, 4) is 5.75 Å². The Morgan fingerprint density at radius 2 is 1.53 bits per heavy atom. The largest absolute Gasteiger partial charge is 0.497 e. The highest BCUT2D eigenvalue weighted by Gasteiger charge is 2.40. The van der Waals surface area contributed by atoms with Crippen molar-refractivity contribution in [3.63, 3.8) is 0 Å². The average Bonchev–Trinajstić information content (AvgIpc) is 3.02. The lowest BCUT2D eigenvalue weighted by Gasteiger charge is -2.16. The van der Waals surface area contributed by atoms with E-state index in [-0.39, 0.29) is 17.0 Å². The van der Waals surface area contributed by atoms with E-state index in [0.29, 0.717) is 17.0 Å². The van der Waals surface area contributed by atoms with E-state index in [9.17, 15) is 18.4 Å². The quantitative estimate of drug-likeness (QED) is 0.575. The van der Waals surface area contributed by atoms with Gasteiger partial charge in [-0.05, 0) is 66.9 Å². The van der Waals surface area contributed by atoms with E-state index >= 15 is 0 Å². The van der Waals surface area contributed by atoms with Crippen LogP contribution in [-0.2, 0) is 9.59 Å². The zero-order valence-corrected chi connectivity index (χ0v) is 17.7. The van der Waals surface area contributed by atoms with Crippen molar-refractivity contribution in [1.29, 1.82) is 0 Å². The number of anilines is 2. The Bertz CT molecular complexity index is 1270. The fraction of sp³-hybridized carbons (Fsp3) is 0.120. The second-order valence-electron chi connectivity index (χ2n) is 7.45. The molecule has 2 amide bonds. The SMILES string of the molecule is COc1ccc(C2=C(Nc3ccc(C)c(C)c3)C(=O)N(c3ccc(F)c(F)c3)C2=O)cc1. The molecule has 1 aliphatic heterocycles. The maximum atomic E-state index is 13.8. The van der Waals surface area contributed by atoms with E-state index < -0.39 is 23.4 Å². The lowest BCUT2D eigenvalue weighted by molar-refractivity contribution is -0.120. The maximum absolute atomic E-state index is 13.8. The molecule has 0 aliphatic carbocycles. The average molecular weight is 434 g/mol. The molecule has 0 saturated heterocycles. The summed E-state index contributed by atoms with van der Waals surface area (Å²) in [7, 11) is 1.52. The predicted octanol–water partition coefficient (Wildman–Crippen LogP) is 4.99. The van der Waals surface area contributed by atoms with Gasteiger partial charge >= 0.3 is 0 Å². The first kappa shape index (κ1) is 21.2. The molecule has 3 aromatic rings. The van der Waals surface area contributed by atoms with Gasteiger partial charge in [0, 0.05) is 11.8 Å². The maximum Gasteiger partial charge on any atom is 0.282 e. The molecule has 3 aromatic carbocycles. The van der Waals surface area contributed by atoms with Crippen molar-refractivity contribution in [1.82, 2.24) is 0 Å². The number of nitrogens with one attached hydrogen (secondary N) is 1. The highest BCUT2D eigenvalue weighted by Crippen LogP contribution is 2.35. The van der Waals surface area contributed by atoms with Crippen LogP contribution in [0.1, 0.15) is 16.7 Å². The predicted molar refractivity (Wildman–Crippen MR) is 118 cm³/mol. The van der Waals surface area contributed by atoms with Gasteiger partial charge in [-0.2, -0.15) is 0 Å². The van der Waals surface area contributed by atoms with E-state index in [2.05, 4.69) is 5.32 Å². The van der Waals surface area contributed by atoms with Gasteiger partial charge in [-0.25, -0.2) is 13.7 Å². The monoisotopic (exact) mass is 434 g/mol. The van der Waals surface area contributed by atoms with E-state index in [1.54, 1.807) is 30.3 Å². The summed E-state index contributed by atoms with van der Waals surface area (Å²) in [6.07, 6.45) is 0. The normalized spacial score (nSPS) is 13.7. The summed E-state index contributed by atoms with van der Waals surface area (Å²) in [6.45, 7) is 3.91. The first-order valence-corrected chi connectivity index (χ1v) is 9.87. The highest BCUT2D eigenvalue weighted by molar-refractivity contribution is 6.46. The lowest BCUT2D eigenvalue weighted by Crippen LogP contribution is -2.32. The van der Waals surface area contributed by atoms with Crippen molar-refractivity contribution in [3.05, 3.63) is 94.7 Å². The Morgan fingerprint density at radius 3 is 2.16 bits per heavy atom. The Hall–Kier alpha value is -4.00. The van der Waals surface area contributed by atoms with Crippen LogP contribution in [0.4, 0.5) is 20.2 Å². The fourth-order valence-electron chi connectivity index (χ4n) is 3.49. The van der Waals surface area contributed by atoms with Crippen LogP contribution in [0.25, 0.3) is 5.57 Å². The van der Waals surface area contributed by atoms with Crippen molar-refractivity contribution < 1.29 is 23.1 Å². The number of rotatable bonds is 5. The zero-order chi connectivity index (χ0) is 23.0. The standard InChI is InChI=1S/C25H20F2N2O3/c1-14-4-7-17(12-15(14)2)28-23-22(16-5-9-19(32-3)10-6-16)24(30)29(25(23)31)18-8-11-20(26)21(27)13-18/h4-13,28H,1-3H3. The van der Waals surface area contributed by atoms with Crippen LogP contribution in [-0.4, -0.2) is 18.9 Å². The number of imide groups is 1. The van der Waals surface area contributed by atoms with E-state index in [4.69, 9.17) is 4.74 Å². The van der Waals surface area contributed by atoms with Gasteiger partial charge < -0.3 is 10.1 Å². The Kier molecular flexibility index (Phi) is 5.48. The number of carbonyl (C=O) groups is 2. The zero-order valence-electron chi connectivity index (χ0n) is 17.7. The Labute approximate surface area is 183 Å². The molecule has 1 aliphatic rings. The first-order valence-electron chi connectivity index (χ1n) is 9.87. The van der Waals surface area contributed by atoms with Gasteiger partial charge in [0.2, 0.25) is 0 Å². The second-order valence-corrected chi connectivity index (χ2v) is 7.45. The van der Waals surface area contributed by atoms with Gasteiger partial charge in [-0.1, -0.05) is 18.2 Å². The van der Waals surface area contributed by atoms with Crippen molar-refractivity contribution in [2.45, 2.75) is 13.8 Å². The van der Waals surface area contributed by atoms with Crippen LogP contribution in [0.3, 0.4) is 0 Å². The van der Waals surface area contributed by atoms with Crippen molar-refractivity contribution in [2.75, 3.05) is 17.3 Å². The molecule has 0 atom stereocenters. The number of hydrogen-bond donors (Lipinski definition) is 1. The number of amides is 2. The first-order chi connectivity index (χ1) is 15.3. The molecule has 0 fully saturated rings. The molecule has 0 spiro atoms. The van der Waals surface area contributed by atoms with Gasteiger partial charge in [-0.15, -0.1) is 0 Å². The van der Waals surface area contributed by atoms with Crippen LogP contribution in [0.2, 0.25) is 0 Å².